The molecular weight excluding hydrogens is 292 g/mol. The number of rotatable bonds is 4. The van der Waals surface area contributed by atoms with Crippen LogP contribution in [0.4, 0.5) is 0 Å². The summed E-state index contributed by atoms with van der Waals surface area (Å²) in [5.74, 6) is 0.363. The summed E-state index contributed by atoms with van der Waals surface area (Å²) in [6.45, 7) is 0. The zero-order valence-electron chi connectivity index (χ0n) is 10.6. The minimum atomic E-state index is -0.0160. The molecule has 1 amide bonds. The maximum atomic E-state index is 11.9. The largest absolute Gasteiger partial charge is 0.273 e. The predicted octanol–water partition coefficient (Wildman–Crippen LogP) is 3.66. The van der Waals surface area contributed by atoms with Crippen molar-refractivity contribution in [1.29, 1.82) is 0 Å². The quantitative estimate of drug-likeness (QED) is 0.680. The van der Waals surface area contributed by atoms with Gasteiger partial charge >= 0.3 is 0 Å². The van der Waals surface area contributed by atoms with Gasteiger partial charge in [0.25, 0.3) is 0 Å². The Bertz CT molecular complexity index is 638. The summed E-state index contributed by atoms with van der Waals surface area (Å²) < 4.78 is 0.712. The van der Waals surface area contributed by atoms with Crippen LogP contribution in [0.2, 0.25) is 4.34 Å². The van der Waals surface area contributed by atoms with Crippen molar-refractivity contribution in [3.8, 4) is 0 Å². The topological polar surface area (TPSA) is 41.5 Å². The fourth-order valence-electron chi connectivity index (χ4n) is 2.19. The van der Waals surface area contributed by atoms with E-state index in [9.17, 15) is 4.79 Å². The van der Waals surface area contributed by atoms with Gasteiger partial charge in [0.2, 0.25) is 5.91 Å². The van der Waals surface area contributed by atoms with Gasteiger partial charge in [-0.2, -0.15) is 5.10 Å². The minimum absolute atomic E-state index is 0.0160. The van der Waals surface area contributed by atoms with Gasteiger partial charge in [0.05, 0.1) is 10.6 Å². The summed E-state index contributed by atoms with van der Waals surface area (Å²) in [5, 5.41) is 3.97. The summed E-state index contributed by atoms with van der Waals surface area (Å²) in [4.78, 5) is 12.9. The van der Waals surface area contributed by atoms with Gasteiger partial charge in [-0.05, 0) is 30.0 Å². The van der Waals surface area contributed by atoms with E-state index in [1.54, 1.807) is 6.21 Å². The molecule has 1 aliphatic rings. The van der Waals surface area contributed by atoms with E-state index >= 15 is 0 Å². The number of nitrogens with zero attached hydrogens (tertiary/aromatic N) is 1. The number of carbonyl (C=O) groups is 1. The Labute approximate surface area is 126 Å². The number of halogens is 1. The van der Waals surface area contributed by atoms with E-state index < -0.39 is 0 Å². The van der Waals surface area contributed by atoms with Crippen molar-refractivity contribution in [2.45, 2.75) is 12.3 Å². The molecule has 3 nitrogen and oxygen atoms in total. The lowest BCUT2D eigenvalue weighted by Crippen LogP contribution is -2.19. The molecule has 2 atom stereocenters. The Morgan fingerprint density at radius 2 is 2.10 bits per heavy atom. The molecule has 1 fully saturated rings. The molecule has 0 bridgehead atoms. The van der Waals surface area contributed by atoms with Crippen LogP contribution in [0.3, 0.4) is 0 Å². The summed E-state index contributed by atoms with van der Waals surface area (Å²) >= 11 is 7.24. The zero-order chi connectivity index (χ0) is 13.9. The Balaban J connectivity index is 1.53. The van der Waals surface area contributed by atoms with E-state index in [-0.39, 0.29) is 11.8 Å². The van der Waals surface area contributed by atoms with Gasteiger partial charge in [-0.3, -0.25) is 4.79 Å². The van der Waals surface area contributed by atoms with Crippen LogP contribution in [0.25, 0.3) is 0 Å². The molecule has 2 aromatic rings. The van der Waals surface area contributed by atoms with Crippen LogP contribution in [0, 0.1) is 5.92 Å². The van der Waals surface area contributed by atoms with Crippen molar-refractivity contribution < 1.29 is 4.79 Å². The van der Waals surface area contributed by atoms with Crippen molar-refractivity contribution in [3.05, 3.63) is 57.2 Å². The van der Waals surface area contributed by atoms with Gasteiger partial charge in [0.1, 0.15) is 0 Å². The fourth-order valence-corrected chi connectivity index (χ4v) is 3.13. The Kier molecular flexibility index (Phi) is 3.85. The van der Waals surface area contributed by atoms with E-state index in [4.69, 9.17) is 11.6 Å². The van der Waals surface area contributed by atoms with Crippen molar-refractivity contribution >= 4 is 35.1 Å². The average molecular weight is 305 g/mol. The van der Waals surface area contributed by atoms with E-state index in [1.165, 1.54) is 16.9 Å². The third-order valence-electron chi connectivity index (χ3n) is 3.32. The number of amides is 1. The van der Waals surface area contributed by atoms with Crippen molar-refractivity contribution in [2.24, 2.45) is 11.0 Å². The maximum absolute atomic E-state index is 11.9. The molecule has 1 heterocycles. The first-order valence-electron chi connectivity index (χ1n) is 6.37. The van der Waals surface area contributed by atoms with E-state index in [0.717, 1.165) is 11.3 Å². The van der Waals surface area contributed by atoms with Gasteiger partial charge in [-0.15, -0.1) is 11.3 Å². The van der Waals surface area contributed by atoms with Gasteiger partial charge < -0.3 is 0 Å². The molecule has 102 valence electrons. The van der Waals surface area contributed by atoms with Crippen LogP contribution in [0.5, 0.6) is 0 Å². The average Bonchev–Trinajstić information content (AvgIpc) is 3.17. The second-order valence-corrected chi connectivity index (χ2v) is 6.48. The molecule has 5 heteroatoms. The van der Waals surface area contributed by atoms with E-state index in [1.807, 2.05) is 30.3 Å². The van der Waals surface area contributed by atoms with Gasteiger partial charge in [-0.1, -0.05) is 41.9 Å². The second kappa shape index (κ2) is 5.77. The zero-order valence-corrected chi connectivity index (χ0v) is 12.2. The Morgan fingerprint density at radius 1 is 1.30 bits per heavy atom. The van der Waals surface area contributed by atoms with Crippen LogP contribution in [-0.2, 0) is 4.79 Å². The lowest BCUT2D eigenvalue weighted by atomic mass is 10.1. The van der Waals surface area contributed by atoms with E-state index in [0.29, 0.717) is 10.3 Å². The molecule has 20 heavy (non-hydrogen) atoms. The van der Waals surface area contributed by atoms with Crippen molar-refractivity contribution in [2.75, 3.05) is 0 Å². The highest BCUT2D eigenvalue weighted by atomic mass is 35.5. The summed E-state index contributed by atoms with van der Waals surface area (Å²) in [5.41, 5.74) is 3.82. The van der Waals surface area contributed by atoms with Gasteiger partial charge in [0.15, 0.2) is 0 Å². The number of hydrogen-bond donors (Lipinski definition) is 1. The fraction of sp³-hybridized carbons (Fsp3) is 0.200. The number of thiophene rings is 1. The molecule has 1 N–H and O–H groups in total. The molecule has 3 rings (SSSR count). The highest BCUT2D eigenvalue weighted by Gasteiger charge is 2.43. The van der Waals surface area contributed by atoms with Crippen LogP contribution in [0.15, 0.2) is 47.6 Å². The lowest BCUT2D eigenvalue weighted by Gasteiger charge is -1.99. The van der Waals surface area contributed by atoms with Crippen molar-refractivity contribution in [1.82, 2.24) is 5.43 Å². The molecule has 0 saturated heterocycles. The highest BCUT2D eigenvalue weighted by molar-refractivity contribution is 7.17. The molecule has 1 aromatic heterocycles. The molecule has 1 aliphatic carbocycles. The number of hydrogen-bond acceptors (Lipinski definition) is 3. The Morgan fingerprint density at radius 3 is 2.80 bits per heavy atom. The Hall–Kier alpha value is -1.65. The minimum Gasteiger partial charge on any atom is -0.273 e. The standard InChI is InChI=1S/C15H13ClN2OS/c16-14-7-6-11(20-14)9-17-18-15(19)13-8-12(13)10-4-2-1-3-5-10/h1-7,9,12-13H,8H2,(H,18,19)/b17-9-/t12-,13+/m0/s1. The second-order valence-electron chi connectivity index (χ2n) is 4.74. The molecule has 1 saturated carbocycles. The van der Waals surface area contributed by atoms with Crippen LogP contribution < -0.4 is 5.43 Å². The third-order valence-corrected chi connectivity index (χ3v) is 4.48. The van der Waals surface area contributed by atoms with Crippen LogP contribution in [-0.4, -0.2) is 12.1 Å². The van der Waals surface area contributed by atoms with Crippen LogP contribution in [0.1, 0.15) is 22.8 Å². The predicted molar refractivity (Wildman–Crippen MR) is 82.4 cm³/mol. The first-order chi connectivity index (χ1) is 9.74. The van der Waals surface area contributed by atoms with Crippen molar-refractivity contribution in [3.63, 3.8) is 0 Å². The number of nitrogens with one attached hydrogen (secondary N) is 1. The number of carbonyl (C=O) groups excluding carboxylic acids is 1. The third kappa shape index (κ3) is 3.08. The van der Waals surface area contributed by atoms with Gasteiger partial charge in [-0.25, -0.2) is 5.43 Å². The number of hydrazone groups is 1. The summed E-state index contributed by atoms with van der Waals surface area (Å²) in [6, 6.07) is 13.8. The molecule has 0 unspecified atom stereocenters. The number of benzene rings is 1. The molecule has 0 aliphatic heterocycles. The lowest BCUT2D eigenvalue weighted by molar-refractivity contribution is -0.122. The summed E-state index contributed by atoms with van der Waals surface area (Å²) in [7, 11) is 0. The van der Waals surface area contributed by atoms with E-state index in [2.05, 4.69) is 22.7 Å². The molecular formula is C15H13ClN2OS. The molecule has 0 radical (unpaired) electrons. The first kappa shape index (κ1) is 13.3. The monoisotopic (exact) mass is 304 g/mol. The highest BCUT2D eigenvalue weighted by Crippen LogP contribution is 2.47. The molecule has 0 spiro atoms. The van der Waals surface area contributed by atoms with Crippen LogP contribution >= 0.6 is 22.9 Å². The summed E-state index contributed by atoms with van der Waals surface area (Å²) in [6.07, 6.45) is 2.52. The van der Waals surface area contributed by atoms with Gasteiger partial charge in [0, 0.05) is 10.8 Å². The maximum Gasteiger partial charge on any atom is 0.243 e. The normalized spacial score (nSPS) is 21.1. The molecule has 1 aromatic carbocycles. The first-order valence-corrected chi connectivity index (χ1v) is 7.56. The SMILES string of the molecule is O=C(N/N=C\c1ccc(Cl)s1)[C@@H]1C[C@H]1c1ccccc1. The smallest absolute Gasteiger partial charge is 0.243 e.